The Hall–Kier alpha value is -2.71. The first-order valence-corrected chi connectivity index (χ1v) is 6.72. The lowest BCUT2D eigenvalue weighted by Gasteiger charge is -2.09. The smallest absolute Gasteiger partial charge is 0.340 e. The SMILES string of the molecule is CCCCCCc1c([N+](=O)[O-])cc([N+](=O)[O-])c(O)c1C(=O)O. The van der Waals surface area contributed by atoms with Gasteiger partial charge in [-0.3, -0.25) is 20.2 Å². The summed E-state index contributed by atoms with van der Waals surface area (Å²) in [6, 6.07) is 0.608. The summed E-state index contributed by atoms with van der Waals surface area (Å²) in [4.78, 5) is 31.3. The van der Waals surface area contributed by atoms with Crippen molar-refractivity contribution in [3.8, 4) is 5.75 Å². The molecule has 0 aliphatic heterocycles. The van der Waals surface area contributed by atoms with Crippen LogP contribution in [0.4, 0.5) is 11.4 Å². The lowest BCUT2D eigenvalue weighted by molar-refractivity contribution is -0.395. The molecule has 1 aromatic rings. The molecule has 0 bridgehead atoms. The minimum Gasteiger partial charge on any atom is -0.501 e. The summed E-state index contributed by atoms with van der Waals surface area (Å²) in [5.41, 5.74) is -2.59. The zero-order valence-electron chi connectivity index (χ0n) is 11.9. The molecule has 1 rings (SSSR count). The lowest BCUT2D eigenvalue weighted by Crippen LogP contribution is -2.09. The highest BCUT2D eigenvalue weighted by Crippen LogP contribution is 2.39. The minimum absolute atomic E-state index is 0.0590. The van der Waals surface area contributed by atoms with E-state index in [0.717, 1.165) is 19.3 Å². The van der Waals surface area contributed by atoms with E-state index in [4.69, 9.17) is 5.11 Å². The Labute approximate surface area is 125 Å². The molecule has 0 saturated carbocycles. The van der Waals surface area contributed by atoms with Crippen LogP contribution in [0.1, 0.15) is 48.5 Å². The van der Waals surface area contributed by atoms with Gasteiger partial charge in [-0.05, 0) is 12.8 Å². The molecule has 0 unspecified atom stereocenters. The number of aromatic carboxylic acids is 1. The van der Waals surface area contributed by atoms with Crippen LogP contribution in [0.25, 0.3) is 0 Å². The molecule has 0 aliphatic rings. The van der Waals surface area contributed by atoms with Crippen LogP contribution in [0.15, 0.2) is 6.07 Å². The van der Waals surface area contributed by atoms with Crippen molar-refractivity contribution in [2.45, 2.75) is 39.0 Å². The van der Waals surface area contributed by atoms with Crippen LogP contribution in [0.2, 0.25) is 0 Å². The molecule has 0 fully saturated rings. The average molecular weight is 312 g/mol. The summed E-state index contributed by atoms with van der Waals surface area (Å²) >= 11 is 0. The fourth-order valence-corrected chi connectivity index (χ4v) is 2.20. The second-order valence-corrected chi connectivity index (χ2v) is 4.75. The van der Waals surface area contributed by atoms with E-state index < -0.39 is 38.5 Å². The Morgan fingerprint density at radius 1 is 1.14 bits per heavy atom. The number of benzene rings is 1. The van der Waals surface area contributed by atoms with Crippen molar-refractivity contribution in [2.24, 2.45) is 0 Å². The molecule has 9 nitrogen and oxygen atoms in total. The maximum absolute atomic E-state index is 11.3. The van der Waals surface area contributed by atoms with Crippen molar-refractivity contribution in [3.63, 3.8) is 0 Å². The second-order valence-electron chi connectivity index (χ2n) is 4.75. The molecule has 0 amide bonds. The fraction of sp³-hybridized carbons (Fsp3) is 0.462. The molecule has 9 heteroatoms. The molecular formula is C13H16N2O7. The third-order valence-electron chi connectivity index (χ3n) is 3.25. The summed E-state index contributed by atoms with van der Waals surface area (Å²) in [5.74, 6) is -2.68. The highest BCUT2D eigenvalue weighted by molar-refractivity contribution is 5.95. The monoisotopic (exact) mass is 312 g/mol. The van der Waals surface area contributed by atoms with Gasteiger partial charge >= 0.3 is 11.7 Å². The molecule has 120 valence electrons. The van der Waals surface area contributed by atoms with Crippen molar-refractivity contribution in [1.29, 1.82) is 0 Å². The summed E-state index contributed by atoms with van der Waals surface area (Å²) in [6.07, 6.45) is 3.11. The van der Waals surface area contributed by atoms with Gasteiger partial charge < -0.3 is 10.2 Å². The number of phenols is 1. The van der Waals surface area contributed by atoms with E-state index >= 15 is 0 Å². The Morgan fingerprint density at radius 2 is 1.73 bits per heavy atom. The summed E-state index contributed by atoms with van der Waals surface area (Å²) < 4.78 is 0. The third kappa shape index (κ3) is 3.68. The van der Waals surface area contributed by atoms with Crippen LogP contribution in [0.5, 0.6) is 5.75 Å². The molecule has 2 N–H and O–H groups in total. The number of unbranched alkanes of at least 4 members (excludes halogenated alkanes) is 3. The molecule has 0 aromatic heterocycles. The quantitative estimate of drug-likeness (QED) is 0.426. The molecule has 0 aliphatic carbocycles. The van der Waals surface area contributed by atoms with Gasteiger partial charge in [-0.1, -0.05) is 26.2 Å². The standard InChI is InChI=1S/C13H16N2O7/c1-2-3-4-5-6-8-9(14(19)20)7-10(15(21)22)12(16)11(8)13(17)18/h7,16H,2-6H2,1H3,(H,17,18). The Bertz CT molecular complexity index is 613. The van der Waals surface area contributed by atoms with E-state index in [1.165, 1.54) is 0 Å². The van der Waals surface area contributed by atoms with E-state index in [9.17, 15) is 30.1 Å². The van der Waals surface area contributed by atoms with Gasteiger partial charge in [0.25, 0.3) is 5.69 Å². The number of nitro groups is 2. The first kappa shape index (κ1) is 17.3. The average Bonchev–Trinajstić information content (AvgIpc) is 2.42. The molecule has 0 radical (unpaired) electrons. The zero-order chi connectivity index (χ0) is 16.9. The van der Waals surface area contributed by atoms with Gasteiger partial charge in [-0.2, -0.15) is 0 Å². The highest BCUT2D eigenvalue weighted by atomic mass is 16.6. The molecule has 0 spiro atoms. The van der Waals surface area contributed by atoms with Gasteiger partial charge in [0.05, 0.1) is 15.9 Å². The number of carboxylic acid groups (broad SMARTS) is 1. The van der Waals surface area contributed by atoms with Gasteiger partial charge in [0.2, 0.25) is 5.75 Å². The maximum atomic E-state index is 11.3. The van der Waals surface area contributed by atoms with Crippen LogP contribution < -0.4 is 0 Å². The number of hydrogen-bond acceptors (Lipinski definition) is 6. The van der Waals surface area contributed by atoms with Gasteiger partial charge in [0.15, 0.2) is 0 Å². The van der Waals surface area contributed by atoms with Crippen molar-refractivity contribution in [2.75, 3.05) is 0 Å². The Morgan fingerprint density at radius 3 is 2.18 bits per heavy atom. The summed E-state index contributed by atoms with van der Waals surface area (Å²) in [7, 11) is 0. The van der Waals surface area contributed by atoms with Crippen molar-refractivity contribution < 1.29 is 24.9 Å². The van der Waals surface area contributed by atoms with Gasteiger partial charge in [0.1, 0.15) is 5.56 Å². The van der Waals surface area contributed by atoms with E-state index in [-0.39, 0.29) is 12.0 Å². The number of hydrogen-bond donors (Lipinski definition) is 2. The molecule has 0 heterocycles. The van der Waals surface area contributed by atoms with Gasteiger partial charge in [-0.25, -0.2) is 4.79 Å². The number of nitro benzene ring substituents is 2. The summed E-state index contributed by atoms with van der Waals surface area (Å²) in [5, 5.41) is 40.8. The number of nitrogens with zero attached hydrogens (tertiary/aromatic N) is 2. The Kier molecular flexibility index (Phi) is 5.79. The van der Waals surface area contributed by atoms with Gasteiger partial charge in [0, 0.05) is 5.56 Å². The van der Waals surface area contributed by atoms with E-state index in [0.29, 0.717) is 12.5 Å². The summed E-state index contributed by atoms with van der Waals surface area (Å²) in [6.45, 7) is 1.98. The van der Waals surface area contributed by atoms with E-state index in [1.807, 2.05) is 6.92 Å². The van der Waals surface area contributed by atoms with E-state index in [2.05, 4.69) is 0 Å². The number of carbonyl (C=O) groups is 1. The normalized spacial score (nSPS) is 10.4. The predicted octanol–water partition coefficient (Wildman–Crippen LogP) is 3.03. The maximum Gasteiger partial charge on any atom is 0.340 e. The second kappa shape index (κ2) is 7.34. The third-order valence-corrected chi connectivity index (χ3v) is 3.25. The first-order chi connectivity index (χ1) is 10.3. The predicted molar refractivity (Wildman–Crippen MR) is 76.2 cm³/mol. The van der Waals surface area contributed by atoms with Crippen LogP contribution in [-0.2, 0) is 6.42 Å². The highest BCUT2D eigenvalue weighted by Gasteiger charge is 2.32. The van der Waals surface area contributed by atoms with Gasteiger partial charge in [-0.15, -0.1) is 0 Å². The molecular weight excluding hydrogens is 296 g/mol. The van der Waals surface area contributed by atoms with Crippen molar-refractivity contribution in [3.05, 3.63) is 37.4 Å². The lowest BCUT2D eigenvalue weighted by atomic mass is 9.97. The molecule has 22 heavy (non-hydrogen) atoms. The largest absolute Gasteiger partial charge is 0.501 e. The van der Waals surface area contributed by atoms with Crippen molar-refractivity contribution in [1.82, 2.24) is 0 Å². The fourth-order valence-electron chi connectivity index (χ4n) is 2.20. The number of rotatable bonds is 8. The first-order valence-electron chi connectivity index (χ1n) is 6.72. The molecule has 0 atom stereocenters. The van der Waals surface area contributed by atoms with E-state index in [1.54, 1.807) is 0 Å². The minimum atomic E-state index is -1.63. The van der Waals surface area contributed by atoms with Crippen LogP contribution >= 0.6 is 0 Å². The van der Waals surface area contributed by atoms with Crippen LogP contribution in [0, 0.1) is 20.2 Å². The Balaban J connectivity index is 3.43. The number of carboxylic acids is 1. The van der Waals surface area contributed by atoms with Crippen LogP contribution in [0.3, 0.4) is 0 Å². The zero-order valence-corrected chi connectivity index (χ0v) is 11.9. The molecule has 0 saturated heterocycles. The van der Waals surface area contributed by atoms with Crippen LogP contribution in [-0.4, -0.2) is 26.0 Å². The topological polar surface area (TPSA) is 144 Å². The van der Waals surface area contributed by atoms with Crippen molar-refractivity contribution >= 4 is 17.3 Å². The molecule has 1 aromatic carbocycles. The number of aromatic hydroxyl groups is 1.